The minimum atomic E-state index is -1.02. The number of hydrogen-bond acceptors (Lipinski definition) is 6. The quantitative estimate of drug-likeness (QED) is 0.739. The van der Waals surface area contributed by atoms with Gasteiger partial charge in [0.1, 0.15) is 37.2 Å². The van der Waals surface area contributed by atoms with Crippen molar-refractivity contribution in [3.8, 4) is 5.75 Å². The zero-order chi connectivity index (χ0) is 22.4. The molecule has 1 atom stereocenters. The summed E-state index contributed by atoms with van der Waals surface area (Å²) in [4.78, 5) is 39.1. The molecule has 2 aromatic carbocycles. The summed E-state index contributed by atoms with van der Waals surface area (Å²) in [7, 11) is 0. The molecule has 2 amide bonds. The fourth-order valence-electron chi connectivity index (χ4n) is 2.98. The van der Waals surface area contributed by atoms with Crippen molar-refractivity contribution < 1.29 is 28.6 Å². The molecule has 8 nitrogen and oxygen atoms in total. The fraction of sp³-hybridized carbons (Fsp3) is 0.348. The maximum Gasteiger partial charge on any atom is 0.408 e. The van der Waals surface area contributed by atoms with Gasteiger partial charge in [-0.3, -0.25) is 14.5 Å². The zero-order valence-corrected chi connectivity index (χ0v) is 17.8. The maximum atomic E-state index is 13.2. The summed E-state index contributed by atoms with van der Waals surface area (Å²) >= 11 is 0. The van der Waals surface area contributed by atoms with Crippen LogP contribution in [0.5, 0.6) is 5.75 Å². The Bertz CT molecular complexity index is 939. The summed E-state index contributed by atoms with van der Waals surface area (Å²) < 4.78 is 16.3. The summed E-state index contributed by atoms with van der Waals surface area (Å²) in [5, 5.41) is 2.53. The van der Waals surface area contributed by atoms with Crippen LogP contribution >= 0.6 is 0 Å². The average molecular weight is 426 g/mol. The number of carbonyl (C=O) groups excluding carboxylic acids is 3. The lowest BCUT2D eigenvalue weighted by Crippen LogP contribution is -2.52. The summed E-state index contributed by atoms with van der Waals surface area (Å²) in [6.45, 7) is 4.86. The number of nitrogens with zero attached hydrogens (tertiary/aromatic N) is 1. The highest BCUT2D eigenvalue weighted by atomic mass is 16.6. The largest absolute Gasteiger partial charge is 0.489 e. The third kappa shape index (κ3) is 6.21. The Morgan fingerprint density at radius 2 is 1.77 bits per heavy atom. The number of ether oxygens (including phenoxy) is 3. The summed E-state index contributed by atoms with van der Waals surface area (Å²) in [5.41, 5.74) is 0.548. The standard InChI is InChI=1S/C23H26N2O6/c1-23(2,3)31-22(28)24-17-15-29-19-12-8-7-11-18(19)25(21(17)27)13-20(26)30-14-16-9-5-4-6-10-16/h4-12,17H,13-15H2,1-3H3,(H,24,28)/t17-/m0/s1. The third-order valence-corrected chi connectivity index (χ3v) is 4.35. The van der Waals surface area contributed by atoms with Gasteiger partial charge in [-0.15, -0.1) is 0 Å². The molecule has 8 heteroatoms. The van der Waals surface area contributed by atoms with Gasteiger partial charge in [-0.05, 0) is 38.5 Å². The van der Waals surface area contributed by atoms with E-state index in [1.807, 2.05) is 30.3 Å². The molecule has 3 rings (SSSR count). The Kier molecular flexibility index (Phi) is 6.79. The van der Waals surface area contributed by atoms with E-state index in [0.717, 1.165) is 5.56 Å². The van der Waals surface area contributed by atoms with Gasteiger partial charge in [-0.1, -0.05) is 42.5 Å². The van der Waals surface area contributed by atoms with Gasteiger partial charge >= 0.3 is 12.1 Å². The van der Waals surface area contributed by atoms with Crippen molar-refractivity contribution in [2.75, 3.05) is 18.1 Å². The van der Waals surface area contributed by atoms with E-state index in [2.05, 4.69) is 5.32 Å². The number of para-hydroxylation sites is 2. The highest BCUT2D eigenvalue weighted by Crippen LogP contribution is 2.31. The zero-order valence-electron chi connectivity index (χ0n) is 17.8. The van der Waals surface area contributed by atoms with E-state index in [9.17, 15) is 14.4 Å². The molecule has 0 saturated carbocycles. The second-order valence-electron chi connectivity index (χ2n) is 8.05. The molecule has 1 N–H and O–H groups in total. The van der Waals surface area contributed by atoms with Crippen LogP contribution in [0.3, 0.4) is 0 Å². The van der Waals surface area contributed by atoms with Gasteiger partial charge < -0.3 is 19.5 Å². The first-order valence-corrected chi connectivity index (χ1v) is 9.95. The Hall–Kier alpha value is -3.55. The second kappa shape index (κ2) is 9.51. The molecule has 1 aliphatic rings. The first-order chi connectivity index (χ1) is 14.7. The number of esters is 1. The smallest absolute Gasteiger partial charge is 0.408 e. The van der Waals surface area contributed by atoms with Gasteiger partial charge in [0.15, 0.2) is 0 Å². The highest BCUT2D eigenvalue weighted by molar-refractivity contribution is 6.03. The molecule has 1 aliphatic heterocycles. The van der Waals surface area contributed by atoms with Gasteiger partial charge in [0.05, 0.1) is 5.69 Å². The van der Waals surface area contributed by atoms with E-state index < -0.39 is 29.6 Å². The average Bonchev–Trinajstić information content (AvgIpc) is 2.84. The van der Waals surface area contributed by atoms with E-state index in [1.165, 1.54) is 4.90 Å². The number of benzene rings is 2. The molecule has 0 unspecified atom stereocenters. The second-order valence-corrected chi connectivity index (χ2v) is 8.05. The van der Waals surface area contributed by atoms with E-state index in [1.54, 1.807) is 45.0 Å². The molecular weight excluding hydrogens is 400 g/mol. The van der Waals surface area contributed by atoms with Crippen molar-refractivity contribution in [1.82, 2.24) is 5.32 Å². The Morgan fingerprint density at radius 3 is 2.48 bits per heavy atom. The van der Waals surface area contributed by atoms with Crippen molar-refractivity contribution in [2.24, 2.45) is 0 Å². The van der Waals surface area contributed by atoms with Gasteiger partial charge in [0.25, 0.3) is 5.91 Å². The predicted molar refractivity (Wildman–Crippen MR) is 114 cm³/mol. The topological polar surface area (TPSA) is 94.2 Å². The lowest BCUT2D eigenvalue weighted by molar-refractivity contribution is -0.144. The number of amides is 2. The van der Waals surface area contributed by atoms with E-state index >= 15 is 0 Å². The first-order valence-electron chi connectivity index (χ1n) is 9.95. The predicted octanol–water partition coefficient (Wildman–Crippen LogP) is 3.05. The van der Waals surface area contributed by atoms with Gasteiger partial charge in [0.2, 0.25) is 0 Å². The molecular formula is C23H26N2O6. The first kappa shape index (κ1) is 22.1. The molecule has 0 saturated heterocycles. The van der Waals surface area contributed by atoms with E-state index in [-0.39, 0.29) is 19.8 Å². The van der Waals surface area contributed by atoms with Crippen LogP contribution in [-0.2, 0) is 25.7 Å². The summed E-state index contributed by atoms with van der Waals surface area (Å²) in [6.07, 6.45) is -0.744. The number of alkyl carbamates (subject to hydrolysis) is 1. The molecule has 31 heavy (non-hydrogen) atoms. The molecule has 164 valence electrons. The Morgan fingerprint density at radius 1 is 1.10 bits per heavy atom. The lowest BCUT2D eigenvalue weighted by Gasteiger charge is -2.25. The van der Waals surface area contributed by atoms with Gasteiger partial charge in [-0.25, -0.2) is 4.79 Å². The van der Waals surface area contributed by atoms with Crippen LogP contribution in [0.4, 0.5) is 10.5 Å². The van der Waals surface area contributed by atoms with Crippen molar-refractivity contribution >= 4 is 23.7 Å². The number of carbonyl (C=O) groups is 3. The van der Waals surface area contributed by atoms with Crippen LogP contribution in [0, 0.1) is 0 Å². The minimum absolute atomic E-state index is 0.0926. The van der Waals surface area contributed by atoms with Crippen LogP contribution in [0.25, 0.3) is 0 Å². The summed E-state index contributed by atoms with van der Waals surface area (Å²) in [5.74, 6) is -0.641. The number of nitrogens with one attached hydrogen (secondary N) is 1. The fourth-order valence-corrected chi connectivity index (χ4v) is 2.98. The monoisotopic (exact) mass is 426 g/mol. The van der Waals surface area contributed by atoms with Gasteiger partial charge in [-0.2, -0.15) is 0 Å². The van der Waals surface area contributed by atoms with Crippen molar-refractivity contribution in [3.63, 3.8) is 0 Å². The Labute approximate surface area is 181 Å². The van der Waals surface area contributed by atoms with Crippen molar-refractivity contribution in [1.29, 1.82) is 0 Å². The molecule has 0 aliphatic carbocycles. The molecule has 0 aromatic heterocycles. The SMILES string of the molecule is CC(C)(C)OC(=O)N[C@H]1COc2ccccc2N(CC(=O)OCc2ccccc2)C1=O. The normalized spacial score (nSPS) is 15.9. The van der Waals surface area contributed by atoms with E-state index in [0.29, 0.717) is 11.4 Å². The van der Waals surface area contributed by atoms with Crippen LogP contribution in [0.2, 0.25) is 0 Å². The van der Waals surface area contributed by atoms with Crippen LogP contribution in [0.15, 0.2) is 54.6 Å². The lowest BCUT2D eigenvalue weighted by atomic mass is 10.2. The molecule has 2 aromatic rings. The molecule has 0 radical (unpaired) electrons. The highest BCUT2D eigenvalue weighted by Gasteiger charge is 2.34. The number of rotatable bonds is 5. The van der Waals surface area contributed by atoms with Gasteiger partial charge in [0, 0.05) is 0 Å². The van der Waals surface area contributed by atoms with Crippen LogP contribution in [0.1, 0.15) is 26.3 Å². The van der Waals surface area contributed by atoms with Crippen LogP contribution < -0.4 is 15.0 Å². The van der Waals surface area contributed by atoms with E-state index in [4.69, 9.17) is 14.2 Å². The van der Waals surface area contributed by atoms with Crippen LogP contribution in [-0.4, -0.2) is 42.8 Å². The molecule has 0 bridgehead atoms. The molecule has 0 spiro atoms. The Balaban J connectivity index is 1.73. The third-order valence-electron chi connectivity index (χ3n) is 4.35. The summed E-state index contributed by atoms with van der Waals surface area (Å²) in [6, 6.07) is 15.1. The molecule has 0 fully saturated rings. The van der Waals surface area contributed by atoms with Crippen molar-refractivity contribution in [3.05, 3.63) is 60.2 Å². The number of hydrogen-bond donors (Lipinski definition) is 1. The maximum absolute atomic E-state index is 13.2. The van der Waals surface area contributed by atoms with Crippen molar-refractivity contribution in [2.45, 2.75) is 39.0 Å². The number of fused-ring (bicyclic) bond motifs is 1. The molecule has 1 heterocycles. The minimum Gasteiger partial charge on any atom is -0.489 e. The number of anilines is 1.